The molecule has 2 atom stereocenters. The van der Waals surface area contributed by atoms with Gasteiger partial charge in [-0.1, -0.05) is 46.6 Å². The minimum Gasteiger partial charge on any atom is -0.484 e. The maximum Gasteiger partial charge on any atom is 0.139 e. The standard InChI is InChI=1S/C16H17BrClNO/c1-2-15(19)16(11-3-5-12(17)6-4-11)20-14-9-7-13(18)8-10-14/h3-10,15-16H,2,19H2,1H3. The van der Waals surface area contributed by atoms with E-state index in [9.17, 15) is 0 Å². The van der Waals surface area contributed by atoms with Crippen LogP contribution in [0.4, 0.5) is 0 Å². The van der Waals surface area contributed by atoms with Gasteiger partial charge in [-0.2, -0.15) is 0 Å². The number of benzene rings is 2. The first kappa shape index (κ1) is 15.4. The second-order valence-corrected chi connectivity index (χ2v) is 5.97. The summed E-state index contributed by atoms with van der Waals surface area (Å²) >= 11 is 9.32. The molecule has 0 aromatic heterocycles. The average molecular weight is 355 g/mol. The average Bonchev–Trinajstić information content (AvgIpc) is 2.47. The van der Waals surface area contributed by atoms with Crippen LogP contribution in [-0.2, 0) is 0 Å². The maximum atomic E-state index is 6.20. The highest BCUT2D eigenvalue weighted by molar-refractivity contribution is 9.10. The molecule has 2 rings (SSSR count). The fourth-order valence-electron chi connectivity index (χ4n) is 1.93. The monoisotopic (exact) mass is 353 g/mol. The summed E-state index contributed by atoms with van der Waals surface area (Å²) in [5, 5.41) is 0.692. The second-order valence-electron chi connectivity index (χ2n) is 4.62. The molecule has 4 heteroatoms. The number of ether oxygens (including phenoxy) is 1. The fraction of sp³-hybridized carbons (Fsp3) is 0.250. The topological polar surface area (TPSA) is 35.2 Å². The van der Waals surface area contributed by atoms with Crippen LogP contribution in [0, 0.1) is 0 Å². The van der Waals surface area contributed by atoms with Gasteiger partial charge in [0.2, 0.25) is 0 Å². The van der Waals surface area contributed by atoms with Crippen molar-refractivity contribution in [3.8, 4) is 5.75 Å². The lowest BCUT2D eigenvalue weighted by molar-refractivity contribution is 0.171. The maximum absolute atomic E-state index is 6.20. The highest BCUT2D eigenvalue weighted by Crippen LogP contribution is 2.27. The van der Waals surface area contributed by atoms with Crippen LogP contribution in [0.3, 0.4) is 0 Å². The van der Waals surface area contributed by atoms with E-state index >= 15 is 0 Å². The molecule has 2 unspecified atom stereocenters. The Balaban J connectivity index is 2.23. The summed E-state index contributed by atoms with van der Waals surface area (Å²) in [5.74, 6) is 0.770. The predicted octanol–water partition coefficient (Wildman–Crippen LogP) is 4.96. The molecule has 0 aliphatic carbocycles. The van der Waals surface area contributed by atoms with E-state index in [2.05, 4.69) is 22.9 Å². The SMILES string of the molecule is CCC(N)C(Oc1ccc(Cl)cc1)c1ccc(Br)cc1. The van der Waals surface area contributed by atoms with E-state index in [1.165, 1.54) is 0 Å². The Morgan fingerprint density at radius 1 is 1.10 bits per heavy atom. The van der Waals surface area contributed by atoms with Gasteiger partial charge in [0.1, 0.15) is 11.9 Å². The lowest BCUT2D eigenvalue weighted by Crippen LogP contribution is -2.31. The number of halogens is 2. The third-order valence-corrected chi connectivity index (χ3v) is 3.92. The Labute approximate surface area is 133 Å². The van der Waals surface area contributed by atoms with E-state index in [1.54, 1.807) is 0 Å². The first-order valence-electron chi connectivity index (χ1n) is 6.53. The first-order valence-corrected chi connectivity index (χ1v) is 7.70. The Morgan fingerprint density at radius 2 is 1.70 bits per heavy atom. The van der Waals surface area contributed by atoms with Crippen LogP contribution in [0.15, 0.2) is 53.0 Å². The highest BCUT2D eigenvalue weighted by atomic mass is 79.9. The summed E-state index contributed by atoms with van der Waals surface area (Å²) in [5.41, 5.74) is 7.27. The zero-order chi connectivity index (χ0) is 14.5. The van der Waals surface area contributed by atoms with Crippen LogP contribution in [0.1, 0.15) is 25.0 Å². The van der Waals surface area contributed by atoms with Gasteiger partial charge in [-0.25, -0.2) is 0 Å². The summed E-state index contributed by atoms with van der Waals surface area (Å²) in [6, 6.07) is 15.3. The number of nitrogens with two attached hydrogens (primary N) is 1. The van der Waals surface area contributed by atoms with Crippen LogP contribution < -0.4 is 10.5 Å². The molecule has 0 saturated carbocycles. The third-order valence-electron chi connectivity index (χ3n) is 3.14. The molecule has 0 aliphatic heterocycles. The van der Waals surface area contributed by atoms with Gasteiger partial charge in [-0.15, -0.1) is 0 Å². The van der Waals surface area contributed by atoms with Gasteiger partial charge in [0.25, 0.3) is 0 Å². The normalized spacial score (nSPS) is 13.8. The van der Waals surface area contributed by atoms with Gasteiger partial charge < -0.3 is 10.5 Å². The van der Waals surface area contributed by atoms with Crippen molar-refractivity contribution in [2.45, 2.75) is 25.5 Å². The van der Waals surface area contributed by atoms with Gasteiger partial charge >= 0.3 is 0 Å². The van der Waals surface area contributed by atoms with Crippen molar-refractivity contribution in [3.05, 3.63) is 63.6 Å². The molecule has 2 aromatic carbocycles. The van der Waals surface area contributed by atoms with E-state index in [0.717, 1.165) is 22.2 Å². The van der Waals surface area contributed by atoms with Gasteiger partial charge in [0.15, 0.2) is 0 Å². The van der Waals surface area contributed by atoms with Crippen molar-refractivity contribution < 1.29 is 4.74 Å². The second kappa shape index (κ2) is 7.11. The molecular formula is C16H17BrClNO. The van der Waals surface area contributed by atoms with Gasteiger partial charge in [-0.3, -0.25) is 0 Å². The van der Waals surface area contributed by atoms with Crippen molar-refractivity contribution >= 4 is 27.5 Å². The largest absolute Gasteiger partial charge is 0.484 e. The zero-order valence-corrected chi connectivity index (χ0v) is 13.6. The molecule has 0 fully saturated rings. The molecule has 2 N–H and O–H groups in total. The van der Waals surface area contributed by atoms with E-state index in [-0.39, 0.29) is 12.1 Å². The Kier molecular flexibility index (Phi) is 5.46. The van der Waals surface area contributed by atoms with Gasteiger partial charge in [0, 0.05) is 15.5 Å². The summed E-state index contributed by atoms with van der Waals surface area (Å²) in [4.78, 5) is 0. The molecule has 0 bridgehead atoms. The fourth-order valence-corrected chi connectivity index (χ4v) is 2.32. The molecule has 0 radical (unpaired) electrons. The number of hydrogen-bond donors (Lipinski definition) is 1. The van der Waals surface area contributed by atoms with Crippen LogP contribution in [-0.4, -0.2) is 6.04 Å². The smallest absolute Gasteiger partial charge is 0.139 e. The van der Waals surface area contributed by atoms with E-state index < -0.39 is 0 Å². The highest BCUT2D eigenvalue weighted by Gasteiger charge is 2.20. The lowest BCUT2D eigenvalue weighted by atomic mass is 10.0. The van der Waals surface area contributed by atoms with E-state index in [0.29, 0.717) is 5.02 Å². The molecule has 2 aromatic rings. The zero-order valence-electron chi connectivity index (χ0n) is 11.2. The summed E-state index contributed by atoms with van der Waals surface area (Å²) in [6.45, 7) is 2.06. The minimum atomic E-state index is -0.172. The Morgan fingerprint density at radius 3 is 2.25 bits per heavy atom. The van der Waals surface area contributed by atoms with Crippen molar-refractivity contribution in [2.24, 2.45) is 5.73 Å². The molecule has 0 aliphatic rings. The minimum absolute atomic E-state index is 0.0631. The van der Waals surface area contributed by atoms with Crippen molar-refractivity contribution in [1.82, 2.24) is 0 Å². The number of hydrogen-bond acceptors (Lipinski definition) is 2. The van der Waals surface area contributed by atoms with Crippen LogP contribution in [0.2, 0.25) is 5.02 Å². The van der Waals surface area contributed by atoms with Crippen LogP contribution >= 0.6 is 27.5 Å². The molecule has 2 nitrogen and oxygen atoms in total. The third kappa shape index (κ3) is 3.98. The van der Waals surface area contributed by atoms with E-state index in [1.807, 2.05) is 48.5 Å². The van der Waals surface area contributed by atoms with Gasteiger partial charge in [-0.05, 0) is 48.4 Å². The van der Waals surface area contributed by atoms with Crippen molar-refractivity contribution in [3.63, 3.8) is 0 Å². The molecule has 0 spiro atoms. The molecule has 106 valence electrons. The first-order chi connectivity index (χ1) is 9.60. The Hall–Kier alpha value is -1.03. The Bertz CT molecular complexity index is 541. The number of rotatable bonds is 5. The molecule has 0 heterocycles. The molecular weight excluding hydrogens is 338 g/mol. The van der Waals surface area contributed by atoms with Crippen LogP contribution in [0.5, 0.6) is 5.75 Å². The van der Waals surface area contributed by atoms with Gasteiger partial charge in [0.05, 0.1) is 0 Å². The van der Waals surface area contributed by atoms with Crippen LogP contribution in [0.25, 0.3) is 0 Å². The van der Waals surface area contributed by atoms with E-state index in [4.69, 9.17) is 22.1 Å². The summed E-state index contributed by atoms with van der Waals surface area (Å²) in [7, 11) is 0. The molecule has 20 heavy (non-hydrogen) atoms. The quantitative estimate of drug-likeness (QED) is 0.823. The lowest BCUT2D eigenvalue weighted by Gasteiger charge is -2.25. The predicted molar refractivity (Wildman–Crippen MR) is 87.2 cm³/mol. The molecule has 0 saturated heterocycles. The summed E-state index contributed by atoms with van der Waals surface area (Å²) < 4.78 is 7.09. The molecule has 0 amide bonds. The van der Waals surface area contributed by atoms with Crippen molar-refractivity contribution in [1.29, 1.82) is 0 Å². The summed E-state index contributed by atoms with van der Waals surface area (Å²) in [6.07, 6.45) is 0.670. The van der Waals surface area contributed by atoms with Crippen molar-refractivity contribution in [2.75, 3.05) is 0 Å².